The zero-order valence-corrected chi connectivity index (χ0v) is 20.9. The molecule has 1 unspecified atom stereocenters. The topological polar surface area (TPSA) is 74.4 Å². The number of benzene rings is 1. The largest absolute Gasteiger partial charge is 0.436 e. The van der Waals surface area contributed by atoms with Gasteiger partial charge in [-0.05, 0) is 50.7 Å². The van der Waals surface area contributed by atoms with Crippen molar-refractivity contribution in [2.45, 2.75) is 39.2 Å². The second kappa shape index (κ2) is 8.91. The van der Waals surface area contributed by atoms with Crippen molar-refractivity contribution in [1.82, 2.24) is 19.3 Å². The summed E-state index contributed by atoms with van der Waals surface area (Å²) in [5.74, 6) is 1.99. The van der Waals surface area contributed by atoms with Crippen molar-refractivity contribution in [3.8, 4) is 17.3 Å². The number of rotatable bonds is 4. The zero-order chi connectivity index (χ0) is 24.0. The Morgan fingerprint density at radius 2 is 1.94 bits per heavy atom. The van der Waals surface area contributed by atoms with Gasteiger partial charge in [0.2, 0.25) is 5.88 Å². The average Bonchev–Trinajstić information content (AvgIpc) is 3.37. The van der Waals surface area contributed by atoms with Gasteiger partial charge in [-0.1, -0.05) is 23.2 Å². The van der Waals surface area contributed by atoms with Gasteiger partial charge in [-0.25, -0.2) is 4.98 Å². The third kappa shape index (κ3) is 4.30. The monoisotopic (exact) mass is 503 g/mol. The molecule has 3 aromatic rings. The maximum absolute atomic E-state index is 13.2. The van der Waals surface area contributed by atoms with Crippen LogP contribution in [0.5, 0.6) is 11.6 Å². The minimum atomic E-state index is -0.211. The Bertz CT molecular complexity index is 1280. The average molecular weight is 504 g/mol. The third-order valence-electron chi connectivity index (χ3n) is 6.79. The summed E-state index contributed by atoms with van der Waals surface area (Å²) in [6.07, 6.45) is 5.28. The number of hydrogen-bond donors (Lipinski definition) is 0. The molecule has 180 valence electrons. The number of anilines is 1. The molecule has 10 heteroatoms. The van der Waals surface area contributed by atoms with Crippen LogP contribution in [0.2, 0.25) is 10.0 Å². The predicted octanol–water partition coefficient (Wildman–Crippen LogP) is 4.77. The second-order valence-electron chi connectivity index (χ2n) is 9.29. The van der Waals surface area contributed by atoms with Crippen LogP contribution in [0.3, 0.4) is 0 Å². The molecule has 2 aliphatic heterocycles. The normalized spacial score (nSPS) is 19.7. The van der Waals surface area contributed by atoms with Crippen LogP contribution in [0.15, 0.2) is 35.3 Å². The van der Waals surface area contributed by atoms with E-state index >= 15 is 0 Å². The Balaban J connectivity index is 1.39. The molecule has 0 N–H and O–H groups in total. The summed E-state index contributed by atoms with van der Waals surface area (Å²) in [7, 11) is 1.79. The first-order valence-electron chi connectivity index (χ1n) is 11.4. The van der Waals surface area contributed by atoms with Crippen LogP contribution in [-0.2, 0) is 11.8 Å². The van der Waals surface area contributed by atoms with Crippen LogP contribution in [-0.4, -0.2) is 45.1 Å². The summed E-state index contributed by atoms with van der Waals surface area (Å²) in [6.45, 7) is 6.48. The quantitative estimate of drug-likeness (QED) is 0.510. The van der Waals surface area contributed by atoms with Gasteiger partial charge in [-0.2, -0.15) is 0 Å². The van der Waals surface area contributed by atoms with Crippen molar-refractivity contribution in [2.75, 3.05) is 24.6 Å². The highest BCUT2D eigenvalue weighted by Crippen LogP contribution is 2.42. The van der Waals surface area contributed by atoms with Crippen molar-refractivity contribution < 1.29 is 9.47 Å². The molecule has 0 bridgehead atoms. The number of aryl methyl sites for hydroxylation is 2. The number of hydrogen-bond acceptors (Lipinski definition) is 6. The summed E-state index contributed by atoms with van der Waals surface area (Å²) in [5.41, 5.74) is 0.511. The molecule has 2 saturated heterocycles. The molecular weight excluding hydrogens is 477 g/mol. The Labute approximate surface area is 208 Å². The van der Waals surface area contributed by atoms with Gasteiger partial charge in [-0.3, -0.25) is 14.0 Å². The van der Waals surface area contributed by atoms with E-state index in [-0.39, 0.29) is 21.0 Å². The molecule has 1 aromatic carbocycles. The molecular formula is C24H27Cl2N5O3. The van der Waals surface area contributed by atoms with Gasteiger partial charge in [-0.15, -0.1) is 5.10 Å². The van der Waals surface area contributed by atoms with E-state index in [4.69, 9.17) is 37.7 Å². The van der Waals surface area contributed by atoms with Gasteiger partial charge in [0.05, 0.1) is 23.4 Å². The van der Waals surface area contributed by atoms with E-state index in [0.717, 1.165) is 39.0 Å². The number of piperidine rings is 1. The maximum Gasteiger partial charge on any atom is 0.260 e. The van der Waals surface area contributed by atoms with Crippen LogP contribution < -0.4 is 15.2 Å². The van der Waals surface area contributed by atoms with Crippen LogP contribution in [0.1, 0.15) is 32.0 Å². The molecule has 2 aliphatic rings. The maximum atomic E-state index is 13.2. The van der Waals surface area contributed by atoms with E-state index in [2.05, 4.69) is 16.9 Å². The highest BCUT2D eigenvalue weighted by atomic mass is 35.5. The Morgan fingerprint density at radius 1 is 1.18 bits per heavy atom. The van der Waals surface area contributed by atoms with Crippen LogP contribution in [0.25, 0.3) is 5.69 Å². The number of aromatic nitrogens is 4. The van der Waals surface area contributed by atoms with Crippen molar-refractivity contribution in [3.63, 3.8) is 0 Å². The number of ether oxygens (including phenoxy) is 2. The molecule has 2 aromatic heterocycles. The lowest BCUT2D eigenvalue weighted by Crippen LogP contribution is -2.41. The SMILES string of the molecule is Cc1nc(N2CCC3(CC2)COC(C)C3)cc(=O)n1-c1ccc(Oc2ccn(C)n2)c(Cl)c1Cl. The van der Waals surface area contributed by atoms with E-state index in [1.165, 1.54) is 4.57 Å². The first kappa shape index (κ1) is 23.2. The highest BCUT2D eigenvalue weighted by molar-refractivity contribution is 6.44. The van der Waals surface area contributed by atoms with E-state index in [1.54, 1.807) is 49.1 Å². The first-order chi connectivity index (χ1) is 16.2. The molecule has 8 nitrogen and oxygen atoms in total. The summed E-state index contributed by atoms with van der Waals surface area (Å²) < 4.78 is 14.7. The van der Waals surface area contributed by atoms with Crippen molar-refractivity contribution >= 4 is 29.0 Å². The van der Waals surface area contributed by atoms with Gasteiger partial charge >= 0.3 is 0 Å². The minimum Gasteiger partial charge on any atom is -0.436 e. The molecule has 2 fully saturated rings. The third-order valence-corrected chi connectivity index (χ3v) is 7.64. The fourth-order valence-corrected chi connectivity index (χ4v) is 5.42. The van der Waals surface area contributed by atoms with Gasteiger partial charge in [0.1, 0.15) is 22.4 Å². The van der Waals surface area contributed by atoms with Gasteiger partial charge in [0, 0.05) is 38.5 Å². The van der Waals surface area contributed by atoms with Crippen LogP contribution in [0.4, 0.5) is 5.82 Å². The van der Waals surface area contributed by atoms with Gasteiger partial charge in [0.15, 0.2) is 0 Å². The van der Waals surface area contributed by atoms with Crippen molar-refractivity contribution in [1.29, 1.82) is 0 Å². The van der Waals surface area contributed by atoms with Gasteiger partial charge in [0.25, 0.3) is 5.56 Å². The fourth-order valence-electron chi connectivity index (χ4n) is 4.98. The number of halogens is 2. The highest BCUT2D eigenvalue weighted by Gasteiger charge is 2.41. The van der Waals surface area contributed by atoms with E-state index in [0.29, 0.717) is 35.1 Å². The molecule has 0 saturated carbocycles. The fraction of sp³-hybridized carbons (Fsp3) is 0.458. The standard InChI is InChI=1S/C24H27Cl2N5O3/c1-15-13-24(14-33-15)7-10-30(11-8-24)19-12-21(32)31(16(2)27-19)17-4-5-18(23(26)22(17)25)34-20-6-9-29(3)28-20/h4-6,9,12,15H,7-8,10-11,13-14H2,1-3H3. The smallest absolute Gasteiger partial charge is 0.260 e. The zero-order valence-electron chi connectivity index (χ0n) is 19.4. The van der Waals surface area contributed by atoms with Crippen LogP contribution in [0, 0.1) is 12.3 Å². The van der Waals surface area contributed by atoms with Crippen molar-refractivity contribution in [2.24, 2.45) is 12.5 Å². The molecule has 1 spiro atoms. The predicted molar refractivity (Wildman–Crippen MR) is 132 cm³/mol. The summed E-state index contributed by atoms with van der Waals surface area (Å²) >= 11 is 13.1. The molecule has 5 rings (SSSR count). The van der Waals surface area contributed by atoms with E-state index in [9.17, 15) is 4.79 Å². The Morgan fingerprint density at radius 3 is 2.56 bits per heavy atom. The molecule has 0 radical (unpaired) electrons. The molecule has 34 heavy (non-hydrogen) atoms. The summed E-state index contributed by atoms with van der Waals surface area (Å²) in [5, 5.41) is 4.60. The van der Waals surface area contributed by atoms with E-state index in [1.807, 2.05) is 0 Å². The molecule has 0 amide bonds. The molecule has 1 atom stereocenters. The van der Waals surface area contributed by atoms with E-state index < -0.39 is 0 Å². The summed E-state index contributed by atoms with van der Waals surface area (Å²) in [6, 6.07) is 6.67. The lowest BCUT2D eigenvalue weighted by Gasteiger charge is -2.39. The lowest BCUT2D eigenvalue weighted by molar-refractivity contribution is 0.0976. The molecule has 4 heterocycles. The Kier molecular flexibility index (Phi) is 6.08. The second-order valence-corrected chi connectivity index (χ2v) is 10.0. The first-order valence-corrected chi connectivity index (χ1v) is 12.1. The van der Waals surface area contributed by atoms with Crippen LogP contribution >= 0.6 is 23.2 Å². The lowest BCUT2D eigenvalue weighted by atomic mass is 9.77. The minimum absolute atomic E-state index is 0.203. The number of nitrogens with zero attached hydrogens (tertiary/aromatic N) is 5. The summed E-state index contributed by atoms with van der Waals surface area (Å²) in [4.78, 5) is 20.1. The Hall–Kier alpha value is -2.55. The van der Waals surface area contributed by atoms with Gasteiger partial charge < -0.3 is 14.4 Å². The molecule has 0 aliphatic carbocycles. The van der Waals surface area contributed by atoms with Crippen molar-refractivity contribution in [3.05, 3.63) is 56.7 Å².